The van der Waals surface area contributed by atoms with Crippen LogP contribution in [0.25, 0.3) is 5.57 Å². The van der Waals surface area contributed by atoms with Gasteiger partial charge in [0.25, 0.3) is 0 Å². The number of hydrazine groups is 1. The van der Waals surface area contributed by atoms with E-state index in [1.807, 2.05) is 30.6 Å². The fourth-order valence-electron chi connectivity index (χ4n) is 2.67. The van der Waals surface area contributed by atoms with Gasteiger partial charge in [-0.05, 0) is 36.6 Å². The van der Waals surface area contributed by atoms with Gasteiger partial charge in [-0.1, -0.05) is 17.7 Å². The molecule has 0 radical (unpaired) electrons. The Morgan fingerprint density at radius 3 is 3.05 bits per heavy atom. The second-order valence-corrected chi connectivity index (χ2v) is 6.08. The van der Waals surface area contributed by atoms with Crippen LogP contribution in [0.15, 0.2) is 36.7 Å². The summed E-state index contributed by atoms with van der Waals surface area (Å²) in [6, 6.07) is 5.66. The van der Waals surface area contributed by atoms with Gasteiger partial charge in [-0.3, -0.25) is 15.2 Å². The van der Waals surface area contributed by atoms with Gasteiger partial charge in [0.15, 0.2) is 0 Å². The molecule has 21 heavy (non-hydrogen) atoms. The number of hydrogen-bond donors (Lipinski definition) is 1. The zero-order valence-corrected chi connectivity index (χ0v) is 12.1. The molecule has 4 nitrogen and oxygen atoms in total. The number of fused-ring (bicyclic) bond motifs is 3. The highest BCUT2D eigenvalue weighted by Gasteiger charge is 2.31. The van der Waals surface area contributed by atoms with Gasteiger partial charge in [0, 0.05) is 34.8 Å². The maximum atomic E-state index is 11.9. The predicted molar refractivity (Wildman–Crippen MR) is 80.3 cm³/mol. The van der Waals surface area contributed by atoms with Crippen LogP contribution in [0, 0.1) is 11.8 Å². The number of rotatable bonds is 2. The molecule has 0 saturated heterocycles. The van der Waals surface area contributed by atoms with Crippen LogP contribution in [0.1, 0.15) is 18.4 Å². The summed E-state index contributed by atoms with van der Waals surface area (Å²) in [5.74, 6) is 1.30. The van der Waals surface area contributed by atoms with E-state index in [9.17, 15) is 4.79 Å². The van der Waals surface area contributed by atoms with Crippen LogP contribution in [-0.2, 0) is 4.79 Å². The molecule has 5 heteroatoms. The highest BCUT2D eigenvalue weighted by atomic mass is 35.5. The Bertz CT molecular complexity index is 664. The number of ether oxygens (including phenoxy) is 1. The molecular formula is C16H15ClN2O2. The molecule has 1 saturated carbocycles. The summed E-state index contributed by atoms with van der Waals surface area (Å²) in [5.41, 5.74) is 5.10. The van der Waals surface area contributed by atoms with Gasteiger partial charge >= 0.3 is 0 Å². The van der Waals surface area contributed by atoms with Crippen molar-refractivity contribution in [3.8, 4) is 5.75 Å². The highest BCUT2D eigenvalue weighted by Crippen LogP contribution is 2.40. The van der Waals surface area contributed by atoms with Crippen molar-refractivity contribution in [2.75, 3.05) is 6.61 Å². The van der Waals surface area contributed by atoms with Crippen LogP contribution >= 0.6 is 11.6 Å². The van der Waals surface area contributed by atoms with Gasteiger partial charge in [0.2, 0.25) is 5.91 Å². The van der Waals surface area contributed by atoms with Gasteiger partial charge in [0.05, 0.1) is 6.61 Å². The molecule has 1 unspecified atom stereocenters. The first-order valence-corrected chi connectivity index (χ1v) is 7.50. The van der Waals surface area contributed by atoms with Gasteiger partial charge in [0.1, 0.15) is 5.75 Å². The number of halogens is 1. The maximum absolute atomic E-state index is 11.9. The van der Waals surface area contributed by atoms with Crippen LogP contribution in [0.3, 0.4) is 0 Å². The minimum absolute atomic E-state index is 0.0957. The normalized spacial score (nSPS) is 22.8. The molecule has 3 aliphatic rings. The molecule has 4 rings (SSSR count). The Hall–Kier alpha value is -1.94. The van der Waals surface area contributed by atoms with Crippen molar-refractivity contribution in [1.82, 2.24) is 10.4 Å². The van der Waals surface area contributed by atoms with E-state index in [0.717, 1.165) is 29.7 Å². The van der Waals surface area contributed by atoms with Crippen molar-refractivity contribution in [2.45, 2.75) is 12.8 Å². The Labute approximate surface area is 128 Å². The molecule has 1 atom stereocenters. The third kappa shape index (κ3) is 2.40. The monoisotopic (exact) mass is 302 g/mol. The Balaban J connectivity index is 1.62. The van der Waals surface area contributed by atoms with Crippen molar-refractivity contribution in [1.29, 1.82) is 0 Å². The first-order chi connectivity index (χ1) is 10.2. The fraction of sp³-hybridized carbons (Fsp3) is 0.312. The van der Waals surface area contributed by atoms with E-state index in [2.05, 4.69) is 11.5 Å². The second kappa shape index (κ2) is 4.81. The van der Waals surface area contributed by atoms with E-state index in [0.29, 0.717) is 11.6 Å². The molecular weight excluding hydrogens is 288 g/mol. The van der Waals surface area contributed by atoms with Crippen molar-refractivity contribution in [3.05, 3.63) is 47.3 Å². The number of carbonyl (C=O) groups is 1. The smallest absolute Gasteiger partial charge is 0.241 e. The number of nitrogens with one attached hydrogen (secondary N) is 1. The molecule has 2 aliphatic heterocycles. The molecule has 0 aromatic heterocycles. The Morgan fingerprint density at radius 1 is 1.38 bits per heavy atom. The number of nitrogens with zero attached hydrogens (tertiary/aromatic N) is 1. The average molecular weight is 303 g/mol. The van der Waals surface area contributed by atoms with Crippen LogP contribution < -0.4 is 10.2 Å². The molecule has 1 N–H and O–H groups in total. The summed E-state index contributed by atoms with van der Waals surface area (Å²) < 4.78 is 5.76. The summed E-state index contributed by atoms with van der Waals surface area (Å²) in [5, 5.41) is 2.41. The van der Waals surface area contributed by atoms with E-state index < -0.39 is 0 Å². The van der Waals surface area contributed by atoms with Crippen LogP contribution in [-0.4, -0.2) is 17.5 Å². The zero-order chi connectivity index (χ0) is 14.4. The summed E-state index contributed by atoms with van der Waals surface area (Å²) in [6.45, 7) is 0.597. The molecule has 1 aliphatic carbocycles. The third-order valence-corrected chi connectivity index (χ3v) is 4.25. The predicted octanol–water partition coefficient (Wildman–Crippen LogP) is 2.96. The maximum Gasteiger partial charge on any atom is 0.241 e. The van der Waals surface area contributed by atoms with E-state index in [1.54, 1.807) is 5.01 Å². The summed E-state index contributed by atoms with van der Waals surface area (Å²) in [6.07, 6.45) is 7.91. The lowest BCUT2D eigenvalue weighted by atomic mass is 9.89. The number of amides is 1. The van der Waals surface area contributed by atoms with Crippen molar-refractivity contribution < 1.29 is 9.53 Å². The lowest BCUT2D eigenvalue weighted by molar-refractivity contribution is -0.125. The largest absolute Gasteiger partial charge is 0.492 e. The summed E-state index contributed by atoms with van der Waals surface area (Å²) in [4.78, 5) is 11.9. The SMILES string of the molecule is O=C(NN1C=CC2COc3cc(Cl)ccc3C2=C1)C1CC1. The summed E-state index contributed by atoms with van der Waals surface area (Å²) in [7, 11) is 0. The Morgan fingerprint density at radius 2 is 2.24 bits per heavy atom. The van der Waals surface area contributed by atoms with E-state index in [1.165, 1.54) is 0 Å². The van der Waals surface area contributed by atoms with Crippen LogP contribution in [0.5, 0.6) is 5.75 Å². The minimum atomic E-state index is 0.0957. The molecule has 1 aromatic carbocycles. The van der Waals surface area contributed by atoms with E-state index in [4.69, 9.17) is 16.3 Å². The summed E-state index contributed by atoms with van der Waals surface area (Å²) >= 11 is 6.01. The van der Waals surface area contributed by atoms with E-state index in [-0.39, 0.29) is 17.7 Å². The quantitative estimate of drug-likeness (QED) is 0.913. The molecule has 0 bridgehead atoms. The van der Waals surface area contributed by atoms with Gasteiger partial charge < -0.3 is 4.74 Å². The minimum Gasteiger partial charge on any atom is -0.492 e. The average Bonchev–Trinajstić information content (AvgIpc) is 3.31. The fourth-order valence-corrected chi connectivity index (χ4v) is 2.83. The molecule has 1 fully saturated rings. The molecule has 1 aromatic rings. The van der Waals surface area contributed by atoms with Crippen molar-refractivity contribution >= 4 is 23.1 Å². The topological polar surface area (TPSA) is 41.6 Å². The van der Waals surface area contributed by atoms with Crippen LogP contribution in [0.4, 0.5) is 0 Å². The van der Waals surface area contributed by atoms with E-state index >= 15 is 0 Å². The molecule has 108 valence electrons. The molecule has 0 spiro atoms. The van der Waals surface area contributed by atoms with Gasteiger partial charge in [-0.2, -0.15) is 0 Å². The number of benzene rings is 1. The molecule has 2 heterocycles. The Kier molecular flexibility index (Phi) is 2.93. The number of carbonyl (C=O) groups excluding carboxylic acids is 1. The van der Waals surface area contributed by atoms with Gasteiger partial charge in [-0.25, -0.2) is 0 Å². The first-order valence-electron chi connectivity index (χ1n) is 7.12. The second-order valence-electron chi connectivity index (χ2n) is 5.64. The highest BCUT2D eigenvalue weighted by molar-refractivity contribution is 6.30. The standard InChI is InChI=1S/C16H15ClN2O2/c17-12-3-4-13-14-8-19(18-16(20)10-1-2-10)6-5-11(14)9-21-15(13)7-12/h3-8,10-11H,1-2,9H2,(H,18,20). The van der Waals surface area contributed by atoms with Crippen molar-refractivity contribution in [2.24, 2.45) is 11.8 Å². The lowest BCUT2D eigenvalue weighted by Crippen LogP contribution is -2.38. The van der Waals surface area contributed by atoms with Gasteiger partial charge in [-0.15, -0.1) is 0 Å². The molecule has 1 amide bonds. The zero-order valence-electron chi connectivity index (χ0n) is 11.4. The lowest BCUT2D eigenvalue weighted by Gasteiger charge is -2.32. The number of hydrogen-bond acceptors (Lipinski definition) is 3. The third-order valence-electron chi connectivity index (χ3n) is 4.02. The van der Waals surface area contributed by atoms with Crippen LogP contribution in [0.2, 0.25) is 5.02 Å². The first kappa shape index (κ1) is 12.8. The van der Waals surface area contributed by atoms with Crippen molar-refractivity contribution in [3.63, 3.8) is 0 Å².